The lowest BCUT2D eigenvalue weighted by molar-refractivity contribution is -0.0893. The molecular formula is C14H20BN2O2. The second-order valence-corrected chi connectivity index (χ2v) is 5.91. The van der Waals surface area contributed by atoms with Gasteiger partial charge in [0.15, 0.2) is 0 Å². The third-order valence-electron chi connectivity index (χ3n) is 3.69. The summed E-state index contributed by atoms with van der Waals surface area (Å²) in [5.74, 6) is 0. The molecule has 0 aliphatic carbocycles. The monoisotopic (exact) mass is 259 g/mol. The van der Waals surface area contributed by atoms with Crippen LogP contribution in [0.1, 0.15) is 27.7 Å². The predicted octanol–water partition coefficient (Wildman–Crippen LogP) is 1.38. The molecule has 0 saturated carbocycles. The molecule has 1 radical (unpaired) electrons. The van der Waals surface area contributed by atoms with Crippen LogP contribution in [0.3, 0.4) is 0 Å². The maximum atomic E-state index is 10.0. The van der Waals surface area contributed by atoms with E-state index in [0.29, 0.717) is 0 Å². The molecule has 0 spiro atoms. The fraction of sp³-hybridized carbons (Fsp3) is 0.500. The van der Waals surface area contributed by atoms with Crippen LogP contribution in [-0.2, 0) is 11.7 Å². The van der Waals surface area contributed by atoms with Gasteiger partial charge in [0, 0.05) is 24.8 Å². The first-order valence-corrected chi connectivity index (χ1v) is 6.35. The van der Waals surface area contributed by atoms with Crippen molar-refractivity contribution in [3.05, 3.63) is 24.5 Å². The van der Waals surface area contributed by atoms with Gasteiger partial charge in [-0.2, -0.15) is 0 Å². The van der Waals surface area contributed by atoms with Crippen LogP contribution >= 0.6 is 0 Å². The third-order valence-corrected chi connectivity index (χ3v) is 3.69. The van der Waals surface area contributed by atoms with Crippen molar-refractivity contribution in [1.82, 2.24) is 9.55 Å². The van der Waals surface area contributed by atoms with Gasteiger partial charge in [0.05, 0.1) is 11.2 Å². The maximum absolute atomic E-state index is 10.0. The van der Waals surface area contributed by atoms with Gasteiger partial charge in [-0.25, -0.2) is 4.98 Å². The van der Waals surface area contributed by atoms with E-state index >= 15 is 0 Å². The molecule has 0 fully saturated rings. The summed E-state index contributed by atoms with van der Waals surface area (Å²) in [6, 6.07) is 4.03. The standard InChI is InChI=1S/C14H20BN2O2/c1-13(2,18)14(3,4)19-15-11-8-10-6-7-17(5)12(10)16-9-11/h6-9,18H,1-5H3. The number of fused-ring (bicyclic) bond motifs is 1. The van der Waals surface area contributed by atoms with Gasteiger partial charge in [0.25, 0.3) is 0 Å². The second kappa shape index (κ2) is 4.65. The summed E-state index contributed by atoms with van der Waals surface area (Å²) in [4.78, 5) is 4.39. The first-order valence-electron chi connectivity index (χ1n) is 6.35. The van der Waals surface area contributed by atoms with E-state index in [4.69, 9.17) is 4.65 Å². The third kappa shape index (κ3) is 2.82. The van der Waals surface area contributed by atoms with Crippen LogP contribution in [0, 0.1) is 0 Å². The smallest absolute Gasteiger partial charge is 0.332 e. The molecular weight excluding hydrogens is 239 g/mol. The Bertz CT molecular complexity index is 585. The van der Waals surface area contributed by atoms with Crippen LogP contribution in [0.5, 0.6) is 0 Å². The molecule has 2 rings (SSSR count). The fourth-order valence-corrected chi connectivity index (χ4v) is 1.60. The Morgan fingerprint density at radius 3 is 2.63 bits per heavy atom. The van der Waals surface area contributed by atoms with Crippen molar-refractivity contribution in [2.24, 2.45) is 7.05 Å². The van der Waals surface area contributed by atoms with Crippen LogP contribution in [0.2, 0.25) is 0 Å². The van der Waals surface area contributed by atoms with Gasteiger partial charge in [-0.1, -0.05) is 6.07 Å². The van der Waals surface area contributed by atoms with Gasteiger partial charge in [0.2, 0.25) is 0 Å². The van der Waals surface area contributed by atoms with Crippen molar-refractivity contribution >= 4 is 24.0 Å². The molecule has 0 saturated heterocycles. The highest BCUT2D eigenvalue weighted by atomic mass is 16.5. The zero-order valence-electron chi connectivity index (χ0n) is 12.1. The lowest BCUT2D eigenvalue weighted by Gasteiger charge is -2.37. The largest absolute Gasteiger partial charge is 0.427 e. The SMILES string of the molecule is Cn1ccc2cc([B]OC(C)(C)C(C)(C)O)cnc21. The number of aliphatic hydroxyl groups is 1. The van der Waals surface area contributed by atoms with Crippen molar-refractivity contribution in [3.63, 3.8) is 0 Å². The van der Waals surface area contributed by atoms with Crippen LogP contribution in [0.15, 0.2) is 24.5 Å². The van der Waals surface area contributed by atoms with Crippen LogP contribution in [-0.4, -0.2) is 33.3 Å². The van der Waals surface area contributed by atoms with Crippen LogP contribution in [0.4, 0.5) is 0 Å². The van der Waals surface area contributed by atoms with E-state index in [1.165, 1.54) is 0 Å². The number of hydrogen-bond acceptors (Lipinski definition) is 3. The summed E-state index contributed by atoms with van der Waals surface area (Å²) >= 11 is 0. The van der Waals surface area contributed by atoms with Crippen molar-refractivity contribution in [1.29, 1.82) is 0 Å². The molecule has 4 nitrogen and oxygen atoms in total. The molecule has 0 amide bonds. The molecule has 0 aliphatic heterocycles. The first-order chi connectivity index (χ1) is 8.71. The van der Waals surface area contributed by atoms with E-state index in [0.717, 1.165) is 16.5 Å². The van der Waals surface area contributed by atoms with Crippen molar-refractivity contribution in [2.75, 3.05) is 0 Å². The number of hydrogen-bond donors (Lipinski definition) is 1. The average Bonchev–Trinajstić information content (AvgIpc) is 2.67. The Morgan fingerprint density at radius 2 is 2.00 bits per heavy atom. The van der Waals surface area contributed by atoms with Gasteiger partial charge in [-0.15, -0.1) is 0 Å². The molecule has 0 unspecified atom stereocenters. The summed E-state index contributed by atoms with van der Waals surface area (Å²) < 4.78 is 7.69. The Morgan fingerprint density at radius 1 is 1.32 bits per heavy atom. The van der Waals surface area contributed by atoms with Crippen LogP contribution in [0.25, 0.3) is 11.0 Å². The minimum absolute atomic E-state index is 0.668. The van der Waals surface area contributed by atoms with E-state index in [9.17, 15) is 5.11 Å². The summed E-state index contributed by atoms with van der Waals surface area (Å²) in [6.07, 6.45) is 3.74. The number of aryl methyl sites for hydroxylation is 1. The molecule has 19 heavy (non-hydrogen) atoms. The molecule has 2 heterocycles. The molecule has 0 atom stereocenters. The molecule has 5 heteroatoms. The number of pyridine rings is 1. The highest BCUT2D eigenvalue weighted by Crippen LogP contribution is 2.24. The van der Waals surface area contributed by atoms with Gasteiger partial charge in [0.1, 0.15) is 5.65 Å². The molecule has 2 aromatic heterocycles. The van der Waals surface area contributed by atoms with Gasteiger partial charge >= 0.3 is 7.48 Å². The zero-order chi connectivity index (χ0) is 14.3. The van der Waals surface area contributed by atoms with E-state index in [1.54, 1.807) is 27.5 Å². The van der Waals surface area contributed by atoms with E-state index in [2.05, 4.69) is 4.98 Å². The molecule has 0 aromatic carbocycles. The Balaban J connectivity index is 2.14. The van der Waals surface area contributed by atoms with Crippen molar-refractivity contribution < 1.29 is 9.76 Å². The van der Waals surface area contributed by atoms with Gasteiger partial charge < -0.3 is 14.3 Å². The molecule has 0 bridgehead atoms. The lowest BCUT2D eigenvalue weighted by atomic mass is 9.83. The van der Waals surface area contributed by atoms with E-state index in [1.807, 2.05) is 43.8 Å². The summed E-state index contributed by atoms with van der Waals surface area (Å²) in [5.41, 5.74) is 0.238. The van der Waals surface area contributed by atoms with Crippen molar-refractivity contribution in [3.8, 4) is 0 Å². The summed E-state index contributed by atoms with van der Waals surface area (Å²) in [7, 11) is 3.62. The average molecular weight is 259 g/mol. The topological polar surface area (TPSA) is 47.3 Å². The second-order valence-electron chi connectivity index (χ2n) is 5.91. The zero-order valence-corrected chi connectivity index (χ0v) is 12.1. The molecule has 101 valence electrons. The van der Waals surface area contributed by atoms with Gasteiger partial charge in [-0.3, -0.25) is 0 Å². The van der Waals surface area contributed by atoms with Crippen molar-refractivity contribution in [2.45, 2.75) is 38.9 Å². The fourth-order valence-electron chi connectivity index (χ4n) is 1.60. The molecule has 1 N–H and O–H groups in total. The highest BCUT2D eigenvalue weighted by molar-refractivity contribution is 6.47. The Hall–Kier alpha value is -1.33. The normalized spacial score (nSPS) is 12.9. The maximum Gasteiger partial charge on any atom is 0.332 e. The Kier molecular flexibility index (Phi) is 3.45. The van der Waals surface area contributed by atoms with E-state index < -0.39 is 11.2 Å². The molecule has 0 aliphatic rings. The Labute approximate surface area is 114 Å². The minimum atomic E-state index is -0.923. The van der Waals surface area contributed by atoms with E-state index in [-0.39, 0.29) is 0 Å². The number of nitrogens with zero attached hydrogens (tertiary/aromatic N) is 2. The number of rotatable bonds is 4. The molecule has 2 aromatic rings. The number of aromatic nitrogens is 2. The predicted molar refractivity (Wildman–Crippen MR) is 77.6 cm³/mol. The lowest BCUT2D eigenvalue weighted by Crippen LogP contribution is -2.49. The first kappa shape index (κ1) is 14.1. The summed E-state index contributed by atoms with van der Waals surface area (Å²) in [6.45, 7) is 7.19. The highest BCUT2D eigenvalue weighted by Gasteiger charge is 2.35. The van der Waals surface area contributed by atoms with Gasteiger partial charge in [-0.05, 0) is 39.2 Å². The minimum Gasteiger partial charge on any atom is -0.427 e. The van der Waals surface area contributed by atoms with Crippen LogP contribution < -0.4 is 5.46 Å². The quantitative estimate of drug-likeness (QED) is 0.844. The summed E-state index contributed by atoms with van der Waals surface area (Å²) in [5, 5.41) is 11.1.